The van der Waals surface area contributed by atoms with E-state index >= 15 is 0 Å². The van der Waals surface area contributed by atoms with E-state index in [1.54, 1.807) is 6.92 Å². The van der Waals surface area contributed by atoms with Crippen molar-refractivity contribution >= 4 is 17.7 Å². The van der Waals surface area contributed by atoms with Gasteiger partial charge in [-0.2, -0.15) is 8.42 Å². The van der Waals surface area contributed by atoms with Crippen molar-refractivity contribution in [1.29, 1.82) is 0 Å². The minimum Gasteiger partial charge on any atom is -0.395 e. The van der Waals surface area contributed by atoms with Crippen molar-refractivity contribution in [3.8, 4) is 0 Å². The summed E-state index contributed by atoms with van der Waals surface area (Å²) in [6.45, 7) is 3.64. The molecule has 9 heteroatoms. The Kier molecular flexibility index (Phi) is 13.3. The summed E-state index contributed by atoms with van der Waals surface area (Å²) in [7, 11) is -7.16. The molecule has 0 amide bonds. The second-order valence-corrected chi connectivity index (χ2v) is 7.40. The van der Waals surface area contributed by atoms with Gasteiger partial charge in [0, 0.05) is 6.16 Å². The smallest absolute Gasteiger partial charge is 0.328 e. The van der Waals surface area contributed by atoms with Crippen LogP contribution in [0.3, 0.4) is 0 Å². The highest BCUT2D eigenvalue weighted by atomic mass is 32.2. The van der Waals surface area contributed by atoms with Crippen LogP contribution in [0.25, 0.3) is 0 Å². The van der Waals surface area contributed by atoms with E-state index in [0.717, 1.165) is 25.7 Å². The SMILES string of the molecule is CCCCCCP(=O)(O)OCC.O=S(=O)(O)CCO. The fourth-order valence-corrected chi connectivity index (χ4v) is 2.51. The molecule has 3 N–H and O–H groups in total. The molecule has 0 spiro atoms. The molecular weight excluding hydrogens is 295 g/mol. The molecular formula is C10H25O7PS. The monoisotopic (exact) mass is 320 g/mol. The van der Waals surface area contributed by atoms with Crippen LogP contribution in [0.15, 0.2) is 0 Å². The first kappa shape index (κ1) is 21.3. The molecule has 0 saturated heterocycles. The summed E-state index contributed by atoms with van der Waals surface area (Å²) in [5.74, 6) is -0.576. The highest BCUT2D eigenvalue weighted by molar-refractivity contribution is 7.85. The molecule has 0 saturated carbocycles. The first-order chi connectivity index (χ1) is 8.68. The number of hydrogen-bond donors (Lipinski definition) is 3. The Morgan fingerprint density at radius 2 is 1.74 bits per heavy atom. The Hall–Kier alpha value is 0.0200. The van der Waals surface area contributed by atoms with Gasteiger partial charge in [0.05, 0.1) is 19.0 Å². The molecule has 1 atom stereocenters. The predicted molar refractivity (Wildman–Crippen MR) is 74.0 cm³/mol. The molecule has 19 heavy (non-hydrogen) atoms. The van der Waals surface area contributed by atoms with Crippen LogP contribution < -0.4 is 0 Å². The van der Waals surface area contributed by atoms with Crippen molar-refractivity contribution in [3.05, 3.63) is 0 Å². The Morgan fingerprint density at radius 1 is 1.16 bits per heavy atom. The van der Waals surface area contributed by atoms with Crippen molar-refractivity contribution in [2.24, 2.45) is 0 Å². The lowest BCUT2D eigenvalue weighted by molar-refractivity contribution is 0.272. The fourth-order valence-electron chi connectivity index (χ4n) is 1.12. The fraction of sp³-hybridized carbons (Fsp3) is 1.00. The van der Waals surface area contributed by atoms with Crippen molar-refractivity contribution in [1.82, 2.24) is 0 Å². The van der Waals surface area contributed by atoms with Crippen LogP contribution in [0, 0.1) is 0 Å². The second-order valence-electron chi connectivity index (χ2n) is 3.85. The molecule has 0 aliphatic carbocycles. The van der Waals surface area contributed by atoms with Crippen LogP contribution in [0.5, 0.6) is 0 Å². The first-order valence-electron chi connectivity index (χ1n) is 6.21. The van der Waals surface area contributed by atoms with Gasteiger partial charge in [-0.05, 0) is 13.3 Å². The average molecular weight is 320 g/mol. The molecule has 0 rings (SSSR count). The van der Waals surface area contributed by atoms with Gasteiger partial charge in [0.15, 0.2) is 0 Å². The summed E-state index contributed by atoms with van der Waals surface area (Å²) < 4.78 is 42.9. The third-order valence-corrected chi connectivity index (χ3v) is 4.22. The summed E-state index contributed by atoms with van der Waals surface area (Å²) in [5.41, 5.74) is 0. The minimum absolute atomic E-state index is 0.306. The van der Waals surface area contributed by atoms with E-state index < -0.39 is 30.1 Å². The van der Waals surface area contributed by atoms with E-state index in [9.17, 15) is 13.0 Å². The molecule has 0 radical (unpaired) electrons. The first-order valence-corrected chi connectivity index (χ1v) is 9.58. The predicted octanol–water partition coefficient (Wildman–Crippen LogP) is 1.66. The van der Waals surface area contributed by atoms with Crippen LogP contribution in [-0.4, -0.2) is 48.1 Å². The maximum atomic E-state index is 11.1. The molecule has 0 aromatic rings. The number of rotatable bonds is 9. The molecule has 0 fully saturated rings. The number of aliphatic hydroxyl groups is 1. The highest BCUT2D eigenvalue weighted by Crippen LogP contribution is 2.42. The third kappa shape index (κ3) is 20.5. The van der Waals surface area contributed by atoms with Gasteiger partial charge >= 0.3 is 7.60 Å². The standard InChI is InChI=1S/C8H19O3P.C2H6O4S/c1-3-5-6-7-8-12(9,10)11-4-2;3-1-2-7(4,5)6/h3-8H2,1-2H3,(H,9,10);3H,1-2H2,(H,4,5,6). The number of aliphatic hydroxyl groups excluding tert-OH is 1. The van der Waals surface area contributed by atoms with Crippen molar-refractivity contribution in [3.63, 3.8) is 0 Å². The van der Waals surface area contributed by atoms with Gasteiger partial charge in [-0.25, -0.2) is 0 Å². The van der Waals surface area contributed by atoms with Gasteiger partial charge < -0.3 is 14.5 Å². The van der Waals surface area contributed by atoms with Gasteiger partial charge in [-0.15, -0.1) is 0 Å². The average Bonchev–Trinajstić information content (AvgIpc) is 2.23. The van der Waals surface area contributed by atoms with E-state index in [2.05, 4.69) is 6.92 Å². The van der Waals surface area contributed by atoms with Crippen LogP contribution in [-0.2, 0) is 19.2 Å². The van der Waals surface area contributed by atoms with Crippen molar-refractivity contribution in [2.75, 3.05) is 25.1 Å². The topological polar surface area (TPSA) is 121 Å². The molecule has 0 bridgehead atoms. The molecule has 0 aliphatic rings. The highest BCUT2D eigenvalue weighted by Gasteiger charge is 2.16. The molecule has 0 aromatic carbocycles. The molecule has 0 aliphatic heterocycles. The Morgan fingerprint density at radius 3 is 2.05 bits per heavy atom. The van der Waals surface area contributed by atoms with Crippen LogP contribution >= 0.6 is 7.60 Å². The third-order valence-electron chi connectivity index (χ3n) is 1.97. The molecule has 0 heterocycles. The van der Waals surface area contributed by atoms with Crippen LogP contribution in [0.2, 0.25) is 0 Å². The van der Waals surface area contributed by atoms with Gasteiger partial charge in [0.25, 0.3) is 10.1 Å². The van der Waals surface area contributed by atoms with Crippen molar-refractivity contribution in [2.45, 2.75) is 39.5 Å². The molecule has 118 valence electrons. The van der Waals surface area contributed by atoms with Crippen molar-refractivity contribution < 1.29 is 32.1 Å². The zero-order valence-electron chi connectivity index (χ0n) is 11.5. The molecule has 1 unspecified atom stereocenters. The van der Waals surface area contributed by atoms with E-state index in [1.807, 2.05) is 0 Å². The Labute approximate surface area is 115 Å². The normalized spacial score (nSPS) is 14.4. The lowest BCUT2D eigenvalue weighted by Gasteiger charge is -2.09. The largest absolute Gasteiger partial charge is 0.395 e. The van der Waals surface area contributed by atoms with Gasteiger partial charge in [0.1, 0.15) is 0 Å². The lowest BCUT2D eigenvalue weighted by Crippen LogP contribution is -2.06. The Balaban J connectivity index is 0. The summed E-state index contributed by atoms with van der Waals surface area (Å²) >= 11 is 0. The number of hydrogen-bond acceptors (Lipinski definition) is 5. The lowest BCUT2D eigenvalue weighted by atomic mass is 10.2. The van der Waals surface area contributed by atoms with E-state index in [4.69, 9.17) is 19.1 Å². The van der Waals surface area contributed by atoms with Gasteiger partial charge in [0.2, 0.25) is 0 Å². The molecule has 0 aromatic heterocycles. The zero-order chi connectivity index (χ0) is 15.4. The second kappa shape index (κ2) is 11.8. The van der Waals surface area contributed by atoms with Gasteiger partial charge in [-0.3, -0.25) is 9.12 Å². The van der Waals surface area contributed by atoms with E-state index in [-0.39, 0.29) is 0 Å². The maximum absolute atomic E-state index is 11.1. The van der Waals surface area contributed by atoms with Crippen LogP contribution in [0.1, 0.15) is 39.5 Å². The van der Waals surface area contributed by atoms with E-state index in [0.29, 0.717) is 12.8 Å². The van der Waals surface area contributed by atoms with Crippen LogP contribution in [0.4, 0.5) is 0 Å². The molecule has 7 nitrogen and oxygen atoms in total. The minimum atomic E-state index is -3.92. The quantitative estimate of drug-likeness (QED) is 0.335. The summed E-state index contributed by atoms with van der Waals surface area (Å²) in [6.07, 6.45) is 4.40. The van der Waals surface area contributed by atoms with E-state index in [1.165, 1.54) is 0 Å². The summed E-state index contributed by atoms with van der Waals surface area (Å²) in [5, 5.41) is 7.86. The number of unbranched alkanes of at least 4 members (excludes halogenated alkanes) is 3. The summed E-state index contributed by atoms with van der Waals surface area (Å²) in [6, 6.07) is 0. The van der Waals surface area contributed by atoms with Gasteiger partial charge in [-0.1, -0.05) is 26.2 Å². The summed E-state index contributed by atoms with van der Waals surface area (Å²) in [4.78, 5) is 9.15. The Bertz CT molecular complexity index is 342. The maximum Gasteiger partial charge on any atom is 0.328 e. The zero-order valence-corrected chi connectivity index (χ0v) is 13.2.